The molecule has 1 N–H and O–H groups in total. The smallest absolute Gasteiger partial charge is 0.256 e. The Labute approximate surface area is 158 Å². The average Bonchev–Trinajstić information content (AvgIpc) is 2.63. The van der Waals surface area contributed by atoms with Crippen molar-refractivity contribution in [2.24, 2.45) is 5.92 Å². The van der Waals surface area contributed by atoms with Gasteiger partial charge in [0, 0.05) is 25.9 Å². The lowest BCUT2D eigenvalue weighted by Crippen LogP contribution is -2.41. The lowest BCUT2D eigenvalue weighted by Gasteiger charge is -2.30. The van der Waals surface area contributed by atoms with E-state index in [1.54, 1.807) is 7.11 Å². The van der Waals surface area contributed by atoms with Crippen LogP contribution in [0.5, 0.6) is 5.75 Å². The van der Waals surface area contributed by atoms with Gasteiger partial charge in [0.2, 0.25) is 0 Å². The highest BCUT2D eigenvalue weighted by atomic mass is 16.5. The number of anilines is 1. The summed E-state index contributed by atoms with van der Waals surface area (Å²) in [4.78, 5) is 14.9. The molecule has 2 rings (SSSR count). The third-order valence-electron chi connectivity index (χ3n) is 5.19. The Kier molecular flexibility index (Phi) is 7.91. The van der Waals surface area contributed by atoms with Gasteiger partial charge in [-0.15, -0.1) is 0 Å². The van der Waals surface area contributed by atoms with E-state index >= 15 is 0 Å². The van der Waals surface area contributed by atoms with E-state index < -0.39 is 5.60 Å². The minimum atomic E-state index is -0.796. The van der Waals surface area contributed by atoms with Crippen molar-refractivity contribution in [1.82, 2.24) is 4.90 Å². The van der Waals surface area contributed by atoms with Gasteiger partial charge in [0.05, 0.1) is 0 Å². The Hall–Kier alpha value is -1.59. The minimum Gasteiger partial charge on any atom is -0.492 e. The van der Waals surface area contributed by atoms with Crippen molar-refractivity contribution >= 4 is 11.6 Å². The largest absolute Gasteiger partial charge is 0.492 e. The molecule has 5 heteroatoms. The van der Waals surface area contributed by atoms with Gasteiger partial charge < -0.3 is 14.8 Å². The molecule has 26 heavy (non-hydrogen) atoms. The molecular weight excluding hydrogens is 328 g/mol. The lowest BCUT2D eigenvalue weighted by molar-refractivity contribution is -0.136. The number of benzene rings is 1. The highest BCUT2D eigenvalue weighted by molar-refractivity contribution is 5.97. The first-order valence-corrected chi connectivity index (χ1v) is 9.78. The molecule has 1 amide bonds. The number of carbonyl (C=O) groups is 1. The maximum absolute atomic E-state index is 12.4. The van der Waals surface area contributed by atoms with Crippen molar-refractivity contribution in [3.8, 4) is 5.75 Å². The van der Waals surface area contributed by atoms with E-state index in [1.165, 1.54) is 25.9 Å². The number of hydrogen-bond acceptors (Lipinski definition) is 4. The summed E-state index contributed by atoms with van der Waals surface area (Å²) in [6.07, 6.45) is 4.20. The second-order valence-corrected chi connectivity index (χ2v) is 7.56. The predicted octanol–water partition coefficient (Wildman–Crippen LogP) is 3.94. The Morgan fingerprint density at radius 2 is 2.08 bits per heavy atom. The number of likely N-dealkylation sites (tertiary alicyclic amines) is 1. The van der Waals surface area contributed by atoms with Gasteiger partial charge in [-0.25, -0.2) is 0 Å². The number of amides is 1. The Morgan fingerprint density at radius 3 is 2.69 bits per heavy atom. The molecule has 0 spiro atoms. The molecule has 1 aromatic rings. The normalized spacial score (nSPS) is 20.4. The minimum absolute atomic E-state index is 0.116. The van der Waals surface area contributed by atoms with Crippen molar-refractivity contribution in [2.75, 3.05) is 38.7 Å². The SMILES string of the molecule is CCC[C@@](C)(OC)C(=O)Nc1ccc(OCCN2CCC[C@@H](C)C2)cc1. The highest BCUT2D eigenvalue weighted by Gasteiger charge is 2.32. The number of nitrogens with zero attached hydrogens (tertiary/aromatic N) is 1. The summed E-state index contributed by atoms with van der Waals surface area (Å²) in [6.45, 7) is 10.2. The van der Waals surface area contributed by atoms with Gasteiger partial charge in [-0.05, 0) is 62.9 Å². The Morgan fingerprint density at radius 1 is 1.35 bits per heavy atom. The number of carbonyl (C=O) groups excluding carboxylic acids is 1. The standard InChI is InChI=1S/C21H34N2O3/c1-5-12-21(3,25-4)20(24)22-18-8-10-19(11-9-18)26-15-14-23-13-6-7-17(2)16-23/h8-11,17H,5-7,12-16H2,1-4H3,(H,22,24)/t17-,21-/m1/s1. The zero-order valence-electron chi connectivity index (χ0n) is 16.7. The first-order chi connectivity index (χ1) is 12.5. The number of piperidine rings is 1. The molecule has 0 saturated carbocycles. The molecule has 0 bridgehead atoms. The van der Waals surface area contributed by atoms with Crippen LogP contribution in [-0.4, -0.2) is 49.8 Å². The Bertz CT molecular complexity index is 561. The second kappa shape index (κ2) is 9.93. The summed E-state index contributed by atoms with van der Waals surface area (Å²) in [5.74, 6) is 1.50. The molecule has 0 aliphatic carbocycles. The van der Waals surface area contributed by atoms with Crippen LogP contribution in [0.25, 0.3) is 0 Å². The summed E-state index contributed by atoms with van der Waals surface area (Å²) in [5.41, 5.74) is -0.0400. The van der Waals surface area contributed by atoms with Crippen LogP contribution in [0, 0.1) is 5.92 Å². The van der Waals surface area contributed by atoms with Gasteiger partial charge in [-0.3, -0.25) is 9.69 Å². The van der Waals surface area contributed by atoms with Crippen molar-refractivity contribution in [1.29, 1.82) is 0 Å². The van der Waals surface area contributed by atoms with Crippen LogP contribution < -0.4 is 10.1 Å². The average molecular weight is 363 g/mol. The zero-order valence-corrected chi connectivity index (χ0v) is 16.7. The van der Waals surface area contributed by atoms with E-state index in [1.807, 2.05) is 38.1 Å². The monoisotopic (exact) mass is 362 g/mol. The van der Waals surface area contributed by atoms with Crippen LogP contribution in [-0.2, 0) is 9.53 Å². The molecule has 1 saturated heterocycles. The molecule has 0 radical (unpaired) electrons. The number of methoxy groups -OCH3 is 1. The first-order valence-electron chi connectivity index (χ1n) is 9.78. The molecule has 5 nitrogen and oxygen atoms in total. The predicted molar refractivity (Wildman–Crippen MR) is 106 cm³/mol. The topological polar surface area (TPSA) is 50.8 Å². The molecule has 1 aliphatic rings. The van der Waals surface area contributed by atoms with Gasteiger partial charge >= 0.3 is 0 Å². The van der Waals surface area contributed by atoms with E-state index in [9.17, 15) is 4.79 Å². The van der Waals surface area contributed by atoms with Crippen LogP contribution in [0.3, 0.4) is 0 Å². The van der Waals surface area contributed by atoms with Gasteiger partial charge in [-0.1, -0.05) is 20.3 Å². The third-order valence-corrected chi connectivity index (χ3v) is 5.19. The van der Waals surface area contributed by atoms with Crippen LogP contribution in [0.4, 0.5) is 5.69 Å². The van der Waals surface area contributed by atoms with Crippen molar-refractivity contribution < 1.29 is 14.3 Å². The van der Waals surface area contributed by atoms with Gasteiger partial charge in [-0.2, -0.15) is 0 Å². The van der Waals surface area contributed by atoms with E-state index in [0.29, 0.717) is 13.0 Å². The van der Waals surface area contributed by atoms with Crippen LogP contribution in [0.1, 0.15) is 46.5 Å². The number of rotatable bonds is 9. The number of ether oxygens (including phenoxy) is 2. The molecule has 2 atom stereocenters. The molecule has 1 heterocycles. The van der Waals surface area contributed by atoms with E-state index in [2.05, 4.69) is 17.1 Å². The summed E-state index contributed by atoms with van der Waals surface area (Å²) in [6, 6.07) is 7.55. The third kappa shape index (κ3) is 5.99. The Balaban J connectivity index is 1.79. The van der Waals surface area contributed by atoms with Crippen LogP contribution >= 0.6 is 0 Å². The lowest BCUT2D eigenvalue weighted by atomic mass is 9.99. The first kappa shape index (κ1) is 20.7. The maximum atomic E-state index is 12.4. The van der Waals surface area contributed by atoms with Crippen LogP contribution in [0.15, 0.2) is 24.3 Å². The highest BCUT2D eigenvalue weighted by Crippen LogP contribution is 2.21. The van der Waals surface area contributed by atoms with E-state index in [0.717, 1.165) is 30.3 Å². The molecule has 146 valence electrons. The maximum Gasteiger partial charge on any atom is 0.256 e. The summed E-state index contributed by atoms with van der Waals surface area (Å²) < 4.78 is 11.3. The van der Waals surface area contributed by atoms with Crippen molar-refractivity contribution in [3.05, 3.63) is 24.3 Å². The molecular formula is C21H34N2O3. The van der Waals surface area contributed by atoms with Crippen molar-refractivity contribution in [3.63, 3.8) is 0 Å². The molecule has 0 aromatic heterocycles. The molecule has 1 aliphatic heterocycles. The zero-order chi connectivity index (χ0) is 19.0. The molecule has 1 aromatic carbocycles. The summed E-state index contributed by atoms with van der Waals surface area (Å²) in [7, 11) is 1.58. The van der Waals surface area contributed by atoms with Crippen LogP contribution in [0.2, 0.25) is 0 Å². The summed E-state index contributed by atoms with van der Waals surface area (Å²) >= 11 is 0. The molecule has 0 unspecified atom stereocenters. The fraction of sp³-hybridized carbons (Fsp3) is 0.667. The fourth-order valence-electron chi connectivity index (χ4n) is 3.47. The quantitative estimate of drug-likeness (QED) is 0.723. The van der Waals surface area contributed by atoms with Gasteiger partial charge in [0.25, 0.3) is 5.91 Å². The van der Waals surface area contributed by atoms with Gasteiger partial charge in [0.1, 0.15) is 18.0 Å². The molecule has 1 fully saturated rings. The number of hydrogen-bond donors (Lipinski definition) is 1. The summed E-state index contributed by atoms with van der Waals surface area (Å²) in [5, 5.41) is 2.93. The van der Waals surface area contributed by atoms with Gasteiger partial charge in [0.15, 0.2) is 0 Å². The second-order valence-electron chi connectivity index (χ2n) is 7.56. The van der Waals surface area contributed by atoms with E-state index in [-0.39, 0.29) is 5.91 Å². The number of nitrogens with one attached hydrogen (secondary N) is 1. The van der Waals surface area contributed by atoms with E-state index in [4.69, 9.17) is 9.47 Å². The van der Waals surface area contributed by atoms with Crippen molar-refractivity contribution in [2.45, 2.75) is 52.1 Å². The fourth-order valence-corrected chi connectivity index (χ4v) is 3.47.